The van der Waals surface area contributed by atoms with Gasteiger partial charge in [0.2, 0.25) is 10.0 Å². The minimum atomic E-state index is -3.20. The van der Waals surface area contributed by atoms with E-state index in [2.05, 4.69) is 15.4 Å². The van der Waals surface area contributed by atoms with Crippen molar-refractivity contribution in [1.29, 1.82) is 0 Å². The van der Waals surface area contributed by atoms with Gasteiger partial charge in [-0.25, -0.2) is 22.3 Å². The number of rotatable bonds is 7. The van der Waals surface area contributed by atoms with Gasteiger partial charge in [-0.3, -0.25) is 0 Å². The quantitative estimate of drug-likeness (QED) is 0.659. The van der Waals surface area contributed by atoms with Gasteiger partial charge in [0.05, 0.1) is 12.3 Å². The molecule has 1 atom stereocenters. The number of sulfonamides is 1. The number of nitrogens with one attached hydrogen (secondary N) is 3. The normalized spacial score (nSPS) is 12.7. The molecule has 0 aliphatic carbocycles. The van der Waals surface area contributed by atoms with Crippen LogP contribution >= 0.6 is 0 Å². The smallest absolute Gasteiger partial charge is 0.315 e. The molecule has 0 aliphatic heterocycles. The van der Waals surface area contributed by atoms with E-state index < -0.39 is 10.0 Å². The third kappa shape index (κ3) is 7.62. The molecule has 0 bridgehead atoms. The van der Waals surface area contributed by atoms with E-state index in [1.54, 1.807) is 19.1 Å². The molecule has 0 saturated heterocycles. The Bertz CT molecular complexity index is 578. The summed E-state index contributed by atoms with van der Waals surface area (Å²) in [5.41, 5.74) is 0.670. The summed E-state index contributed by atoms with van der Waals surface area (Å²) in [5, 5.41) is 5.28. The largest absolute Gasteiger partial charge is 0.338 e. The van der Waals surface area contributed by atoms with Crippen molar-refractivity contribution < 1.29 is 17.6 Å². The first kappa shape index (κ1) is 17.4. The first-order chi connectivity index (χ1) is 9.78. The van der Waals surface area contributed by atoms with Crippen LogP contribution in [0.3, 0.4) is 0 Å². The lowest BCUT2D eigenvalue weighted by Gasteiger charge is -2.15. The maximum atomic E-state index is 13.1. The molecular formula is C13H20FN3O3S. The lowest BCUT2D eigenvalue weighted by atomic mass is 10.1. The van der Waals surface area contributed by atoms with Crippen molar-refractivity contribution in [2.45, 2.75) is 19.4 Å². The second-order valence-corrected chi connectivity index (χ2v) is 6.53. The minimum absolute atomic E-state index is 0.262. The van der Waals surface area contributed by atoms with Gasteiger partial charge >= 0.3 is 6.03 Å². The van der Waals surface area contributed by atoms with Crippen LogP contribution in [0.4, 0.5) is 9.18 Å². The highest BCUT2D eigenvalue weighted by molar-refractivity contribution is 7.88. The predicted octanol–water partition coefficient (Wildman–Crippen LogP) is 1.13. The Morgan fingerprint density at radius 3 is 2.67 bits per heavy atom. The van der Waals surface area contributed by atoms with Crippen LogP contribution in [-0.4, -0.2) is 33.8 Å². The molecule has 0 spiro atoms. The SMILES string of the molecule is C[C@@H](NC(=O)NCCCNS(C)(=O)=O)c1cccc(F)c1. The Hall–Kier alpha value is -1.67. The van der Waals surface area contributed by atoms with Crippen molar-refractivity contribution in [3.8, 4) is 0 Å². The van der Waals surface area contributed by atoms with Crippen LogP contribution < -0.4 is 15.4 Å². The average molecular weight is 317 g/mol. The summed E-state index contributed by atoms with van der Waals surface area (Å²) in [6.07, 6.45) is 1.56. The van der Waals surface area contributed by atoms with Gasteiger partial charge in [0.25, 0.3) is 0 Å². The fourth-order valence-electron chi connectivity index (χ4n) is 1.65. The van der Waals surface area contributed by atoms with Gasteiger partial charge in [0.15, 0.2) is 0 Å². The molecule has 0 aliphatic rings. The third-order valence-corrected chi connectivity index (χ3v) is 3.43. The molecule has 6 nitrogen and oxygen atoms in total. The van der Waals surface area contributed by atoms with E-state index in [4.69, 9.17) is 0 Å². The van der Waals surface area contributed by atoms with E-state index in [1.807, 2.05) is 0 Å². The molecule has 0 heterocycles. The minimum Gasteiger partial charge on any atom is -0.338 e. The number of urea groups is 1. The molecule has 8 heteroatoms. The topological polar surface area (TPSA) is 87.3 Å². The second-order valence-electron chi connectivity index (χ2n) is 4.70. The van der Waals surface area contributed by atoms with Crippen molar-refractivity contribution in [3.05, 3.63) is 35.6 Å². The van der Waals surface area contributed by atoms with Crippen molar-refractivity contribution in [2.75, 3.05) is 19.3 Å². The Labute approximate surface area is 124 Å². The van der Waals surface area contributed by atoms with Gasteiger partial charge in [-0.1, -0.05) is 12.1 Å². The summed E-state index contributed by atoms with van der Waals surface area (Å²) in [6, 6.07) is 5.30. The molecule has 0 aromatic heterocycles. The summed E-state index contributed by atoms with van der Waals surface area (Å²) in [6.45, 7) is 2.35. The molecule has 1 aromatic carbocycles. The zero-order valence-corrected chi connectivity index (χ0v) is 12.8. The fourth-order valence-corrected chi connectivity index (χ4v) is 2.17. The number of benzene rings is 1. The molecule has 0 radical (unpaired) electrons. The summed E-state index contributed by atoms with van der Waals surface area (Å²) >= 11 is 0. The zero-order valence-electron chi connectivity index (χ0n) is 12.0. The van der Waals surface area contributed by atoms with Crippen LogP contribution in [0.1, 0.15) is 24.9 Å². The highest BCUT2D eigenvalue weighted by atomic mass is 32.2. The summed E-state index contributed by atoms with van der Waals surface area (Å²) in [4.78, 5) is 11.6. The highest BCUT2D eigenvalue weighted by Gasteiger charge is 2.09. The molecule has 3 N–H and O–H groups in total. The highest BCUT2D eigenvalue weighted by Crippen LogP contribution is 2.12. The standard InChI is InChI=1S/C13H20FN3O3S/c1-10(11-5-3-6-12(14)9-11)17-13(18)15-7-4-8-16-21(2,19)20/h3,5-6,9-10,16H,4,7-8H2,1-2H3,(H2,15,17,18)/t10-/m1/s1. The maximum Gasteiger partial charge on any atom is 0.315 e. The third-order valence-electron chi connectivity index (χ3n) is 2.70. The molecule has 0 fully saturated rings. The molecule has 0 saturated carbocycles. The monoisotopic (exact) mass is 317 g/mol. The van der Waals surface area contributed by atoms with E-state index in [9.17, 15) is 17.6 Å². The van der Waals surface area contributed by atoms with E-state index in [1.165, 1.54) is 12.1 Å². The average Bonchev–Trinajstić information content (AvgIpc) is 2.36. The number of carbonyl (C=O) groups is 1. The van der Waals surface area contributed by atoms with Gasteiger partial charge in [0, 0.05) is 13.1 Å². The van der Waals surface area contributed by atoms with Crippen molar-refractivity contribution >= 4 is 16.1 Å². The van der Waals surface area contributed by atoms with E-state index in [0.717, 1.165) is 6.26 Å². The predicted molar refractivity (Wildman–Crippen MR) is 78.8 cm³/mol. The number of hydrogen-bond donors (Lipinski definition) is 3. The first-order valence-electron chi connectivity index (χ1n) is 6.52. The lowest BCUT2D eigenvalue weighted by Crippen LogP contribution is -2.38. The van der Waals surface area contributed by atoms with Crippen LogP contribution in [0.2, 0.25) is 0 Å². The van der Waals surface area contributed by atoms with E-state index in [0.29, 0.717) is 18.5 Å². The van der Waals surface area contributed by atoms with E-state index in [-0.39, 0.29) is 24.4 Å². The van der Waals surface area contributed by atoms with E-state index >= 15 is 0 Å². The zero-order chi connectivity index (χ0) is 15.9. The Kier molecular flexibility index (Phi) is 6.57. The lowest BCUT2D eigenvalue weighted by molar-refractivity contribution is 0.238. The van der Waals surface area contributed by atoms with Gasteiger partial charge in [0.1, 0.15) is 5.82 Å². The van der Waals surface area contributed by atoms with Gasteiger partial charge in [-0.05, 0) is 31.0 Å². The van der Waals surface area contributed by atoms with Gasteiger partial charge < -0.3 is 10.6 Å². The van der Waals surface area contributed by atoms with Gasteiger partial charge in [-0.15, -0.1) is 0 Å². The van der Waals surface area contributed by atoms with Crippen molar-refractivity contribution in [3.63, 3.8) is 0 Å². The summed E-state index contributed by atoms with van der Waals surface area (Å²) < 4.78 is 37.0. The summed E-state index contributed by atoms with van der Waals surface area (Å²) in [7, 11) is -3.20. The van der Waals surface area contributed by atoms with Crippen molar-refractivity contribution in [2.24, 2.45) is 0 Å². The van der Waals surface area contributed by atoms with Gasteiger partial charge in [-0.2, -0.15) is 0 Å². The molecule has 1 rings (SSSR count). The Morgan fingerprint density at radius 2 is 2.05 bits per heavy atom. The van der Waals surface area contributed by atoms with Crippen LogP contribution in [0, 0.1) is 5.82 Å². The van der Waals surface area contributed by atoms with Crippen molar-refractivity contribution in [1.82, 2.24) is 15.4 Å². The van der Waals surface area contributed by atoms with Crippen LogP contribution in [0.25, 0.3) is 0 Å². The van der Waals surface area contributed by atoms with Crippen LogP contribution in [0.5, 0.6) is 0 Å². The number of hydrogen-bond acceptors (Lipinski definition) is 3. The Balaban J connectivity index is 2.27. The number of amides is 2. The fraction of sp³-hybridized carbons (Fsp3) is 0.462. The molecule has 1 aromatic rings. The molecule has 118 valence electrons. The molecule has 0 unspecified atom stereocenters. The first-order valence-corrected chi connectivity index (χ1v) is 8.41. The second kappa shape index (κ2) is 7.94. The number of carbonyl (C=O) groups excluding carboxylic acids is 1. The van der Waals surface area contributed by atoms with Crippen LogP contribution in [-0.2, 0) is 10.0 Å². The molecule has 21 heavy (non-hydrogen) atoms. The maximum absolute atomic E-state index is 13.1. The molecular weight excluding hydrogens is 297 g/mol. The Morgan fingerprint density at radius 1 is 1.33 bits per heavy atom. The molecule has 2 amide bonds. The van der Waals surface area contributed by atoms with Crippen LogP contribution in [0.15, 0.2) is 24.3 Å². The summed E-state index contributed by atoms with van der Waals surface area (Å²) in [5.74, 6) is -0.353. The number of halogens is 1.